The number of benzene rings is 2. The summed E-state index contributed by atoms with van der Waals surface area (Å²) in [4.78, 5) is 17.3. The molecule has 2 aromatic heterocycles. The van der Waals surface area contributed by atoms with E-state index in [4.69, 9.17) is 9.47 Å². The van der Waals surface area contributed by atoms with Gasteiger partial charge in [-0.1, -0.05) is 60.7 Å². The first-order valence-corrected chi connectivity index (χ1v) is 14.4. The Kier molecular flexibility index (Phi) is 10.1. The molecule has 0 aliphatic carbocycles. The fourth-order valence-electron chi connectivity index (χ4n) is 4.95. The Hall–Kier alpha value is -4.72. The van der Waals surface area contributed by atoms with E-state index in [0.717, 1.165) is 31.6 Å². The van der Waals surface area contributed by atoms with Crippen molar-refractivity contribution in [2.75, 3.05) is 26.3 Å². The molecule has 0 saturated heterocycles. The molecule has 0 saturated carbocycles. The van der Waals surface area contributed by atoms with Crippen LogP contribution in [0.4, 0.5) is 0 Å². The zero-order valence-corrected chi connectivity index (χ0v) is 24.2. The number of hydrogen-bond donors (Lipinski definition) is 2. The average molecular weight is 563 g/mol. The van der Waals surface area contributed by atoms with Gasteiger partial charge in [-0.05, 0) is 66.3 Å². The molecule has 2 N–H and O–H groups in total. The molecule has 2 aromatic carbocycles. The molecule has 42 heavy (non-hydrogen) atoms. The molecule has 0 fully saturated rings. The zero-order chi connectivity index (χ0) is 29.0. The van der Waals surface area contributed by atoms with Gasteiger partial charge in [0.15, 0.2) is 0 Å². The van der Waals surface area contributed by atoms with Gasteiger partial charge in [-0.15, -0.1) is 0 Å². The molecule has 8 nitrogen and oxygen atoms in total. The first kappa shape index (κ1) is 28.8. The number of nitrogens with zero attached hydrogens (tertiary/aromatic N) is 4. The van der Waals surface area contributed by atoms with Crippen molar-refractivity contribution in [3.63, 3.8) is 0 Å². The maximum atomic E-state index is 5.53. The maximum Gasteiger partial charge on any atom is 0.285 e. The molecule has 4 aromatic rings. The molecule has 6 rings (SSSR count). The van der Waals surface area contributed by atoms with Gasteiger partial charge in [0.1, 0.15) is 13.2 Å². The molecule has 4 heterocycles. The van der Waals surface area contributed by atoms with Gasteiger partial charge >= 0.3 is 0 Å². The van der Waals surface area contributed by atoms with Gasteiger partial charge in [0.05, 0.1) is 25.2 Å². The minimum atomic E-state index is 0.103. The van der Waals surface area contributed by atoms with Crippen LogP contribution in [-0.2, 0) is 22.3 Å². The lowest BCUT2D eigenvalue weighted by molar-refractivity contribution is 0.324. The van der Waals surface area contributed by atoms with Crippen molar-refractivity contribution in [2.45, 2.75) is 38.8 Å². The smallest absolute Gasteiger partial charge is 0.285 e. The van der Waals surface area contributed by atoms with Crippen molar-refractivity contribution in [1.82, 2.24) is 20.6 Å². The van der Waals surface area contributed by atoms with Gasteiger partial charge < -0.3 is 20.1 Å². The lowest BCUT2D eigenvalue weighted by Gasteiger charge is -2.22. The van der Waals surface area contributed by atoms with Crippen molar-refractivity contribution < 1.29 is 9.47 Å². The van der Waals surface area contributed by atoms with Crippen LogP contribution in [0.3, 0.4) is 0 Å². The zero-order valence-electron chi connectivity index (χ0n) is 24.2. The Balaban J connectivity index is 0.000000169. The molecule has 0 spiro atoms. The van der Waals surface area contributed by atoms with Gasteiger partial charge in [0.2, 0.25) is 0 Å². The summed E-state index contributed by atoms with van der Waals surface area (Å²) in [6, 6.07) is 28.3. The van der Waals surface area contributed by atoms with Gasteiger partial charge in [-0.25, -0.2) is 9.98 Å². The quantitative estimate of drug-likeness (QED) is 0.303. The van der Waals surface area contributed by atoms with Crippen LogP contribution in [0.2, 0.25) is 0 Å². The minimum Gasteiger partial charge on any atom is -0.463 e. The monoisotopic (exact) mass is 562 g/mol. The number of aliphatic imine (C=N–C) groups is 2. The molecule has 2 aliphatic heterocycles. The molecule has 0 bridgehead atoms. The van der Waals surface area contributed by atoms with Crippen molar-refractivity contribution in [2.24, 2.45) is 9.98 Å². The summed E-state index contributed by atoms with van der Waals surface area (Å²) < 4.78 is 11.0. The van der Waals surface area contributed by atoms with Gasteiger partial charge in [0.25, 0.3) is 12.0 Å². The number of amidine groups is 2. The van der Waals surface area contributed by atoms with Crippen LogP contribution < -0.4 is 10.6 Å². The van der Waals surface area contributed by atoms with Crippen LogP contribution in [0.5, 0.6) is 0 Å². The second-order valence-corrected chi connectivity index (χ2v) is 10.3. The maximum absolute atomic E-state index is 5.53. The predicted molar refractivity (Wildman–Crippen MR) is 167 cm³/mol. The molecular formula is C34H38N6O2. The Bertz CT molecular complexity index is 1460. The highest BCUT2D eigenvalue weighted by Crippen LogP contribution is 2.24. The largest absolute Gasteiger partial charge is 0.463 e. The lowest BCUT2D eigenvalue weighted by atomic mass is 9.94. The fraction of sp³-hybridized carbons (Fsp3) is 0.294. The van der Waals surface area contributed by atoms with E-state index in [1.54, 1.807) is 6.20 Å². The molecule has 8 heteroatoms. The first-order chi connectivity index (χ1) is 20.7. The summed E-state index contributed by atoms with van der Waals surface area (Å²) >= 11 is 0. The fourth-order valence-corrected chi connectivity index (χ4v) is 4.95. The standard InChI is InChI=1S/C18H21N3O.C16H17N3O/c1-13-6-5-8-16(14(13)2)17(21-18-20-10-11-22-18)12-15-7-3-4-9-19-15;1-2-6-14(7-3-1)15(19-16-18-9-10-20-16)11-13-5-4-8-17-12-13/h3-9,17H,10-12H2,1-2H3,(H,20,21);1-8,12,15H,9-11H2,(H,18,19). The molecule has 2 unspecified atom stereocenters. The van der Waals surface area contributed by atoms with Crippen LogP contribution in [0.15, 0.2) is 107 Å². The summed E-state index contributed by atoms with van der Waals surface area (Å²) in [5, 5.41) is 6.82. The third-order valence-corrected chi connectivity index (χ3v) is 7.29. The Morgan fingerprint density at radius 2 is 1.45 bits per heavy atom. The van der Waals surface area contributed by atoms with Gasteiger partial charge in [0, 0.05) is 30.7 Å². The Morgan fingerprint density at radius 1 is 0.714 bits per heavy atom. The van der Waals surface area contributed by atoms with E-state index >= 15 is 0 Å². The highest BCUT2D eigenvalue weighted by atomic mass is 16.5. The van der Waals surface area contributed by atoms with Crippen LogP contribution in [-0.4, -0.2) is 48.3 Å². The van der Waals surface area contributed by atoms with Gasteiger partial charge in [-0.3, -0.25) is 9.97 Å². The molecular weight excluding hydrogens is 524 g/mol. The first-order valence-electron chi connectivity index (χ1n) is 14.4. The summed E-state index contributed by atoms with van der Waals surface area (Å²) in [6.07, 6.45) is 7.17. The summed E-state index contributed by atoms with van der Waals surface area (Å²) in [5.41, 5.74) is 7.32. The van der Waals surface area contributed by atoms with E-state index in [-0.39, 0.29) is 12.1 Å². The second-order valence-electron chi connectivity index (χ2n) is 10.3. The number of hydrogen-bond acceptors (Lipinski definition) is 8. The third-order valence-electron chi connectivity index (χ3n) is 7.29. The number of ether oxygens (including phenoxy) is 2. The predicted octanol–water partition coefficient (Wildman–Crippen LogP) is 5.30. The number of aromatic nitrogens is 2. The normalized spacial score (nSPS) is 15.2. The van der Waals surface area contributed by atoms with Gasteiger partial charge in [-0.2, -0.15) is 0 Å². The van der Waals surface area contributed by atoms with Crippen molar-refractivity contribution >= 4 is 12.0 Å². The number of nitrogens with one attached hydrogen (secondary N) is 2. The topological polar surface area (TPSA) is 93.0 Å². The van der Waals surface area contributed by atoms with E-state index in [1.165, 1.54) is 27.8 Å². The summed E-state index contributed by atoms with van der Waals surface area (Å²) in [6.45, 7) is 7.08. The second kappa shape index (κ2) is 14.8. The van der Waals surface area contributed by atoms with Crippen LogP contribution in [0, 0.1) is 13.8 Å². The third kappa shape index (κ3) is 8.16. The van der Waals surface area contributed by atoms with Crippen LogP contribution in [0.25, 0.3) is 0 Å². The highest BCUT2D eigenvalue weighted by Gasteiger charge is 2.20. The van der Waals surface area contributed by atoms with E-state index in [2.05, 4.69) is 86.9 Å². The lowest BCUT2D eigenvalue weighted by Crippen LogP contribution is -2.31. The van der Waals surface area contributed by atoms with Crippen LogP contribution in [0.1, 0.15) is 45.6 Å². The molecule has 2 atom stereocenters. The summed E-state index contributed by atoms with van der Waals surface area (Å²) in [5.74, 6) is 0. The average Bonchev–Trinajstić information content (AvgIpc) is 3.75. The number of rotatable bonds is 8. The minimum absolute atomic E-state index is 0.103. The van der Waals surface area contributed by atoms with Crippen molar-refractivity contribution in [3.8, 4) is 0 Å². The van der Waals surface area contributed by atoms with Crippen LogP contribution >= 0.6 is 0 Å². The van der Waals surface area contributed by atoms with Crippen molar-refractivity contribution in [1.29, 1.82) is 0 Å². The van der Waals surface area contributed by atoms with E-state index in [0.29, 0.717) is 25.3 Å². The number of aryl methyl sites for hydroxylation is 1. The van der Waals surface area contributed by atoms with E-state index in [9.17, 15) is 0 Å². The molecule has 216 valence electrons. The molecule has 0 radical (unpaired) electrons. The SMILES string of the molecule is Cc1cccc(C(Cc2ccccn2)NC2=NCCO2)c1C.c1ccc(C(Cc2cccnc2)NC2=NCCO2)cc1. The van der Waals surface area contributed by atoms with E-state index in [1.807, 2.05) is 48.8 Å². The summed E-state index contributed by atoms with van der Waals surface area (Å²) in [7, 11) is 0. The Morgan fingerprint density at radius 3 is 2.10 bits per heavy atom. The number of pyridine rings is 2. The Labute approximate surface area is 248 Å². The molecule has 2 aliphatic rings. The van der Waals surface area contributed by atoms with Crippen molar-refractivity contribution in [3.05, 3.63) is 131 Å². The van der Waals surface area contributed by atoms with E-state index < -0.39 is 0 Å². The highest BCUT2D eigenvalue weighted by molar-refractivity contribution is 5.76. The molecule has 0 amide bonds.